The molecule has 8 atom stereocenters. The largest absolute Gasteiger partial charge is 0.482 e. The second-order valence-corrected chi connectivity index (χ2v) is 15.0. The van der Waals surface area contributed by atoms with Crippen molar-refractivity contribution in [3.8, 4) is 5.75 Å². The number of carbonyl (C=O) groups is 3. The molecule has 2 aliphatic carbocycles. The average Bonchev–Trinajstić information content (AvgIpc) is 3.02. The highest BCUT2D eigenvalue weighted by Gasteiger charge is 2.82. The number of esters is 2. The summed E-state index contributed by atoms with van der Waals surface area (Å²) in [4.78, 5) is 43.8. The maximum Gasteiger partial charge on any atom is 0.344 e. The van der Waals surface area contributed by atoms with E-state index in [2.05, 4.69) is 11.5 Å². The van der Waals surface area contributed by atoms with Gasteiger partial charge in [-0.15, -0.1) is 6.58 Å². The molecule has 10 nitrogen and oxygen atoms in total. The molecule has 1 aromatic carbocycles. The fourth-order valence-electron chi connectivity index (χ4n) is 9.04. The summed E-state index contributed by atoms with van der Waals surface area (Å²) in [6.07, 6.45) is 1.87. The van der Waals surface area contributed by atoms with E-state index in [0.717, 1.165) is 25.9 Å². The van der Waals surface area contributed by atoms with Gasteiger partial charge in [0, 0.05) is 24.3 Å². The van der Waals surface area contributed by atoms with Gasteiger partial charge in [-0.3, -0.25) is 9.59 Å². The smallest absolute Gasteiger partial charge is 0.344 e. The number of nitrogens with zero attached hydrogens (tertiary/aromatic N) is 1. The lowest BCUT2D eigenvalue weighted by Crippen LogP contribution is -2.87. The van der Waals surface area contributed by atoms with Gasteiger partial charge in [0.05, 0.1) is 18.1 Å². The summed E-state index contributed by atoms with van der Waals surface area (Å²) in [5, 5.41) is 24.6. The fourth-order valence-corrected chi connectivity index (χ4v) is 9.04. The Hall–Kier alpha value is -2.79. The number of fused-ring (bicyclic) bond motifs is 3. The van der Waals surface area contributed by atoms with E-state index >= 15 is 0 Å². The SMILES string of the molecule is C=C[C@@]1(C)CC(=O)[C@]2(O)[C@@]3(C)[C@@H](O)CCC(C)(C)[C@@H]3[C@H](OC(=O)CCN3CCCCC3)[C@H](OC(=O)COc3ccccc3)[C@@]2(C)O1. The van der Waals surface area contributed by atoms with Crippen molar-refractivity contribution in [1.29, 1.82) is 0 Å². The quantitative estimate of drug-likeness (QED) is 0.301. The van der Waals surface area contributed by atoms with Gasteiger partial charge in [0.25, 0.3) is 0 Å². The van der Waals surface area contributed by atoms with E-state index in [-0.39, 0.29) is 12.8 Å². The molecule has 1 aromatic rings. The molecule has 46 heavy (non-hydrogen) atoms. The van der Waals surface area contributed by atoms with Gasteiger partial charge in [-0.2, -0.15) is 0 Å². The van der Waals surface area contributed by atoms with Gasteiger partial charge in [-0.1, -0.05) is 51.5 Å². The highest BCUT2D eigenvalue weighted by Crippen LogP contribution is 2.67. The van der Waals surface area contributed by atoms with Crippen LogP contribution in [-0.2, 0) is 28.6 Å². The first-order valence-electron chi connectivity index (χ1n) is 16.7. The Morgan fingerprint density at radius 2 is 1.72 bits per heavy atom. The van der Waals surface area contributed by atoms with Crippen molar-refractivity contribution in [3.05, 3.63) is 43.0 Å². The summed E-state index contributed by atoms with van der Waals surface area (Å²) in [6, 6.07) is 8.78. The number of benzene rings is 1. The highest BCUT2D eigenvalue weighted by atomic mass is 16.6. The molecule has 2 aliphatic heterocycles. The summed E-state index contributed by atoms with van der Waals surface area (Å²) in [5.74, 6) is -2.15. The molecule has 0 amide bonds. The van der Waals surface area contributed by atoms with Crippen molar-refractivity contribution in [2.75, 3.05) is 26.2 Å². The number of likely N-dealkylation sites (tertiary alicyclic amines) is 1. The van der Waals surface area contributed by atoms with Crippen LogP contribution in [0.25, 0.3) is 0 Å². The third-order valence-electron chi connectivity index (χ3n) is 11.4. The lowest BCUT2D eigenvalue weighted by molar-refractivity contribution is -0.371. The van der Waals surface area contributed by atoms with Crippen LogP contribution >= 0.6 is 0 Å². The maximum absolute atomic E-state index is 14.3. The number of para-hydroxylation sites is 1. The zero-order valence-electron chi connectivity index (χ0n) is 28.0. The van der Waals surface area contributed by atoms with Crippen LogP contribution in [0, 0.1) is 16.7 Å². The molecule has 0 aromatic heterocycles. The predicted octanol–water partition coefficient (Wildman–Crippen LogP) is 4.01. The minimum Gasteiger partial charge on any atom is -0.482 e. The Kier molecular flexibility index (Phi) is 9.52. The number of carbonyl (C=O) groups excluding carboxylic acids is 3. The summed E-state index contributed by atoms with van der Waals surface area (Å²) in [6.45, 7) is 14.6. The summed E-state index contributed by atoms with van der Waals surface area (Å²) < 4.78 is 24.8. The van der Waals surface area contributed by atoms with Crippen molar-refractivity contribution in [2.24, 2.45) is 16.7 Å². The molecule has 2 heterocycles. The first-order valence-corrected chi connectivity index (χ1v) is 16.7. The van der Waals surface area contributed by atoms with Crippen LogP contribution < -0.4 is 4.74 Å². The second-order valence-electron chi connectivity index (χ2n) is 15.0. The molecular weight excluding hydrogens is 590 g/mol. The van der Waals surface area contributed by atoms with Gasteiger partial charge in [0.1, 0.15) is 17.5 Å². The van der Waals surface area contributed by atoms with Crippen LogP contribution in [0.2, 0.25) is 0 Å². The van der Waals surface area contributed by atoms with Gasteiger partial charge < -0.3 is 34.1 Å². The summed E-state index contributed by atoms with van der Waals surface area (Å²) in [7, 11) is 0. The third kappa shape index (κ3) is 5.80. The highest BCUT2D eigenvalue weighted by molar-refractivity contribution is 5.92. The van der Waals surface area contributed by atoms with E-state index in [1.165, 1.54) is 19.4 Å². The number of ether oxygens (including phenoxy) is 4. The van der Waals surface area contributed by atoms with E-state index < -0.39 is 76.2 Å². The molecule has 4 fully saturated rings. The number of piperidine rings is 1. The number of hydrogen-bond acceptors (Lipinski definition) is 10. The van der Waals surface area contributed by atoms with Crippen LogP contribution in [0.15, 0.2) is 43.0 Å². The van der Waals surface area contributed by atoms with Crippen LogP contribution in [0.1, 0.15) is 79.6 Å². The van der Waals surface area contributed by atoms with E-state index in [1.807, 2.05) is 19.9 Å². The zero-order chi connectivity index (χ0) is 33.5. The van der Waals surface area contributed by atoms with E-state index in [4.69, 9.17) is 18.9 Å². The van der Waals surface area contributed by atoms with Crippen molar-refractivity contribution < 1.29 is 43.5 Å². The number of rotatable bonds is 9. The number of aliphatic hydroxyl groups is 2. The molecule has 5 rings (SSSR count). The maximum atomic E-state index is 14.3. The first-order chi connectivity index (χ1) is 21.6. The lowest BCUT2D eigenvalue weighted by atomic mass is 9.39. The molecule has 4 aliphatic rings. The Morgan fingerprint density at radius 1 is 1.04 bits per heavy atom. The molecule has 0 unspecified atom stereocenters. The number of ketones is 1. The lowest BCUT2D eigenvalue weighted by Gasteiger charge is -2.71. The van der Waals surface area contributed by atoms with Crippen molar-refractivity contribution in [2.45, 2.75) is 115 Å². The van der Waals surface area contributed by atoms with Crippen molar-refractivity contribution in [1.82, 2.24) is 4.90 Å². The fraction of sp³-hybridized carbons (Fsp3) is 0.694. The minimum atomic E-state index is -2.31. The molecule has 2 N–H and O–H groups in total. The molecule has 2 saturated carbocycles. The summed E-state index contributed by atoms with van der Waals surface area (Å²) >= 11 is 0. The Morgan fingerprint density at radius 3 is 2.37 bits per heavy atom. The van der Waals surface area contributed by atoms with E-state index in [0.29, 0.717) is 25.1 Å². The van der Waals surface area contributed by atoms with Gasteiger partial charge in [0.2, 0.25) is 0 Å². The molecule has 0 bridgehead atoms. The number of hydrogen-bond donors (Lipinski definition) is 2. The zero-order valence-corrected chi connectivity index (χ0v) is 28.0. The standard InChI is InChI=1S/C36H51NO9/c1-7-33(4)22-26(39)36(42)34(5)25(38)16-18-32(2,3)30(34)29(44-27(40)17-21-37-19-12-9-13-20-37)31(35(36,6)46-33)45-28(41)23-43-24-14-10-8-11-15-24/h7-8,10-11,14-15,25,29-31,38,42H,1,9,12-13,16-23H2,2-6H3/t25-,29-,30-,31-,33-,34-,35+,36-/m0/s1. The Labute approximate surface area is 272 Å². The summed E-state index contributed by atoms with van der Waals surface area (Å²) in [5.41, 5.74) is -7.65. The predicted molar refractivity (Wildman–Crippen MR) is 170 cm³/mol. The Balaban J connectivity index is 1.57. The number of Topliss-reactive ketones (excluding diaryl/α,β-unsaturated/α-hetero) is 1. The monoisotopic (exact) mass is 641 g/mol. The van der Waals surface area contributed by atoms with Crippen molar-refractivity contribution >= 4 is 17.7 Å². The van der Waals surface area contributed by atoms with Crippen LogP contribution in [-0.4, -0.2) is 94.2 Å². The van der Waals surface area contributed by atoms with Gasteiger partial charge in [0.15, 0.2) is 24.1 Å². The molecule has 2 saturated heterocycles. The average molecular weight is 642 g/mol. The minimum absolute atomic E-state index is 0.117. The molecule has 254 valence electrons. The van der Waals surface area contributed by atoms with E-state index in [9.17, 15) is 24.6 Å². The molecule has 0 spiro atoms. The second kappa shape index (κ2) is 12.7. The normalized spacial score (nSPS) is 39.0. The van der Waals surface area contributed by atoms with E-state index in [1.54, 1.807) is 38.1 Å². The number of aliphatic hydroxyl groups excluding tert-OH is 1. The molecular formula is C36H51NO9. The van der Waals surface area contributed by atoms with Crippen LogP contribution in [0.4, 0.5) is 0 Å². The Bertz CT molecular complexity index is 1310. The first kappa shape index (κ1) is 34.5. The van der Waals surface area contributed by atoms with Crippen LogP contribution in [0.3, 0.4) is 0 Å². The van der Waals surface area contributed by atoms with Crippen LogP contribution in [0.5, 0.6) is 5.75 Å². The molecule has 10 heteroatoms. The van der Waals surface area contributed by atoms with Gasteiger partial charge in [-0.05, 0) is 70.2 Å². The van der Waals surface area contributed by atoms with Gasteiger partial charge in [-0.25, -0.2) is 4.79 Å². The molecule has 0 radical (unpaired) electrons. The topological polar surface area (TPSA) is 132 Å². The van der Waals surface area contributed by atoms with Crippen molar-refractivity contribution in [3.63, 3.8) is 0 Å². The van der Waals surface area contributed by atoms with Gasteiger partial charge >= 0.3 is 11.9 Å². The third-order valence-corrected chi connectivity index (χ3v) is 11.4.